The van der Waals surface area contributed by atoms with Gasteiger partial charge in [0.25, 0.3) is 0 Å². The van der Waals surface area contributed by atoms with Gasteiger partial charge in [0.05, 0.1) is 29.0 Å². The summed E-state index contributed by atoms with van der Waals surface area (Å²) in [5, 5.41) is 8.16. The summed E-state index contributed by atoms with van der Waals surface area (Å²) in [5.74, 6) is -0.335. The van der Waals surface area contributed by atoms with Gasteiger partial charge in [-0.15, -0.1) is 13.2 Å². The molecule has 4 rings (SSSR count). The van der Waals surface area contributed by atoms with E-state index >= 15 is 0 Å². The van der Waals surface area contributed by atoms with Crippen LogP contribution in [0.5, 0.6) is 5.75 Å². The fourth-order valence-electron chi connectivity index (χ4n) is 3.90. The minimum Gasteiger partial charge on any atom is -0.444 e. The lowest BCUT2D eigenvalue weighted by Gasteiger charge is -2.44. The van der Waals surface area contributed by atoms with E-state index in [9.17, 15) is 18.0 Å². The molecule has 2 aromatic heterocycles. The fourth-order valence-corrected chi connectivity index (χ4v) is 3.90. The third-order valence-electron chi connectivity index (χ3n) is 5.67. The average Bonchev–Trinajstić information content (AvgIpc) is 3.09. The second kappa shape index (κ2) is 9.49. The van der Waals surface area contributed by atoms with Crippen molar-refractivity contribution in [3.05, 3.63) is 42.2 Å². The van der Waals surface area contributed by atoms with Crippen LogP contribution in [0.3, 0.4) is 0 Å². The minimum atomic E-state index is -4.78. The zero-order valence-corrected chi connectivity index (χ0v) is 20.8. The maximum absolute atomic E-state index is 12.6. The van der Waals surface area contributed by atoms with E-state index in [-0.39, 0.29) is 12.3 Å². The van der Waals surface area contributed by atoms with E-state index < -0.39 is 18.1 Å². The highest BCUT2D eigenvalue weighted by molar-refractivity contribution is 5.93. The number of hydrogen-bond acceptors (Lipinski definition) is 7. The molecular formula is C24H29F3N6O3. The van der Waals surface area contributed by atoms with Gasteiger partial charge < -0.3 is 24.6 Å². The van der Waals surface area contributed by atoms with Crippen molar-refractivity contribution < 1.29 is 27.4 Å². The van der Waals surface area contributed by atoms with Gasteiger partial charge in [0.15, 0.2) is 5.65 Å². The Labute approximate surface area is 206 Å². The summed E-state index contributed by atoms with van der Waals surface area (Å²) in [6, 6.07) is 7.69. The first-order valence-corrected chi connectivity index (χ1v) is 11.4. The molecule has 1 aromatic carbocycles. The topological polar surface area (TPSA) is 84.8 Å². The number of nitrogens with one attached hydrogen (secondary N) is 1. The smallest absolute Gasteiger partial charge is 0.444 e. The first-order valence-electron chi connectivity index (χ1n) is 11.4. The molecule has 1 aliphatic rings. The predicted molar refractivity (Wildman–Crippen MR) is 128 cm³/mol. The Balaban J connectivity index is 1.69. The van der Waals surface area contributed by atoms with Gasteiger partial charge in [0.1, 0.15) is 11.4 Å². The number of likely N-dealkylation sites (N-methyl/N-ethyl adjacent to an activating group) is 1. The molecule has 1 N–H and O–H groups in total. The summed E-state index contributed by atoms with van der Waals surface area (Å²) in [7, 11) is 4.06. The largest absolute Gasteiger partial charge is 0.573 e. The number of alkyl halides is 3. The summed E-state index contributed by atoms with van der Waals surface area (Å²) in [6.45, 7) is 7.04. The van der Waals surface area contributed by atoms with Crippen molar-refractivity contribution in [2.75, 3.05) is 32.1 Å². The van der Waals surface area contributed by atoms with E-state index in [1.54, 1.807) is 31.6 Å². The van der Waals surface area contributed by atoms with Crippen molar-refractivity contribution in [2.24, 2.45) is 0 Å². The number of rotatable bonds is 6. The number of halogens is 3. The van der Waals surface area contributed by atoms with Crippen LogP contribution in [-0.4, -0.2) is 70.9 Å². The van der Waals surface area contributed by atoms with E-state index in [2.05, 4.69) is 29.9 Å². The number of hydrogen-bond donors (Lipinski definition) is 1. The van der Waals surface area contributed by atoms with Crippen LogP contribution in [-0.2, 0) is 11.3 Å². The van der Waals surface area contributed by atoms with Crippen molar-refractivity contribution in [3.63, 3.8) is 0 Å². The third kappa shape index (κ3) is 5.81. The molecule has 194 valence electrons. The number of pyridine rings is 1. The number of anilines is 1. The predicted octanol–water partition coefficient (Wildman–Crippen LogP) is 4.09. The summed E-state index contributed by atoms with van der Waals surface area (Å²) < 4.78 is 48.6. The number of ether oxygens (including phenoxy) is 2. The lowest BCUT2D eigenvalue weighted by atomic mass is 10.1. The molecule has 0 atom stereocenters. The lowest BCUT2D eigenvalue weighted by Crippen LogP contribution is -2.57. The van der Waals surface area contributed by atoms with Crippen LogP contribution in [0.25, 0.3) is 16.7 Å². The highest BCUT2D eigenvalue weighted by Gasteiger charge is 2.32. The van der Waals surface area contributed by atoms with Crippen LogP contribution in [0.2, 0.25) is 0 Å². The van der Waals surface area contributed by atoms with Crippen LogP contribution in [0, 0.1) is 0 Å². The maximum Gasteiger partial charge on any atom is 0.573 e. The molecule has 0 aliphatic carbocycles. The van der Waals surface area contributed by atoms with Gasteiger partial charge in [-0.1, -0.05) is 0 Å². The summed E-state index contributed by atoms with van der Waals surface area (Å²) in [4.78, 5) is 21.2. The second-order valence-corrected chi connectivity index (χ2v) is 9.81. The van der Waals surface area contributed by atoms with E-state index in [1.807, 2.05) is 20.2 Å². The van der Waals surface area contributed by atoms with Gasteiger partial charge in [0.2, 0.25) is 0 Å². The number of benzene rings is 1. The van der Waals surface area contributed by atoms with E-state index in [0.29, 0.717) is 23.1 Å². The number of fused-ring (bicyclic) bond motifs is 1. The minimum absolute atomic E-state index is 0.0807. The van der Waals surface area contributed by atoms with Crippen LogP contribution in [0.15, 0.2) is 36.5 Å². The Morgan fingerprint density at radius 2 is 1.81 bits per heavy atom. The van der Waals surface area contributed by atoms with E-state index in [4.69, 9.17) is 4.74 Å². The number of nitrogens with zero attached hydrogens (tertiary/aromatic N) is 5. The highest BCUT2D eigenvalue weighted by Crippen LogP contribution is 2.34. The molecule has 9 nitrogen and oxygen atoms in total. The SMILES string of the molecule is CN(C)C1CN(c2ccnc3c2c(CNC(=O)OC(C)(C)C)nn3-c2ccc(OC(F)(F)F)cc2)C1. The molecule has 0 spiro atoms. The Hall–Kier alpha value is -3.54. The Kier molecular flexibility index (Phi) is 6.74. The van der Waals surface area contributed by atoms with Gasteiger partial charge >= 0.3 is 12.5 Å². The van der Waals surface area contributed by atoms with Crippen LogP contribution >= 0.6 is 0 Å². The lowest BCUT2D eigenvalue weighted by molar-refractivity contribution is -0.274. The number of aromatic nitrogens is 3. The summed E-state index contributed by atoms with van der Waals surface area (Å²) in [5.41, 5.74) is 1.84. The fraction of sp³-hybridized carbons (Fsp3) is 0.458. The molecular weight excluding hydrogens is 477 g/mol. The van der Waals surface area contributed by atoms with Crippen molar-refractivity contribution in [2.45, 2.75) is 45.3 Å². The molecule has 3 heterocycles. The van der Waals surface area contributed by atoms with Crippen LogP contribution < -0.4 is 15.0 Å². The Morgan fingerprint density at radius 1 is 1.14 bits per heavy atom. The number of carbonyl (C=O) groups is 1. The molecule has 0 radical (unpaired) electrons. The molecule has 0 saturated carbocycles. The zero-order chi connectivity index (χ0) is 26.3. The molecule has 0 unspecified atom stereocenters. The molecule has 3 aromatic rings. The van der Waals surface area contributed by atoms with Gasteiger partial charge in [0, 0.05) is 25.3 Å². The van der Waals surface area contributed by atoms with Gasteiger partial charge in [-0.3, -0.25) is 0 Å². The first-order chi connectivity index (χ1) is 16.8. The van der Waals surface area contributed by atoms with Gasteiger partial charge in [-0.25, -0.2) is 14.5 Å². The normalized spacial score (nSPS) is 14.8. The van der Waals surface area contributed by atoms with Crippen molar-refractivity contribution in [3.8, 4) is 11.4 Å². The molecule has 0 bridgehead atoms. The highest BCUT2D eigenvalue weighted by atomic mass is 19.4. The quantitative estimate of drug-likeness (QED) is 0.539. The number of carbonyl (C=O) groups excluding carboxylic acids is 1. The van der Waals surface area contributed by atoms with Crippen LogP contribution in [0.4, 0.5) is 23.7 Å². The number of alkyl carbamates (subject to hydrolysis) is 1. The molecule has 1 fully saturated rings. The Morgan fingerprint density at radius 3 is 2.39 bits per heavy atom. The van der Waals surface area contributed by atoms with Gasteiger partial charge in [-0.05, 0) is 65.2 Å². The second-order valence-electron chi connectivity index (χ2n) is 9.81. The zero-order valence-electron chi connectivity index (χ0n) is 20.8. The van der Waals surface area contributed by atoms with E-state index in [0.717, 1.165) is 24.2 Å². The summed E-state index contributed by atoms with van der Waals surface area (Å²) >= 11 is 0. The van der Waals surface area contributed by atoms with Crippen molar-refractivity contribution >= 4 is 22.8 Å². The molecule has 1 saturated heterocycles. The standard InChI is InChI=1S/C24H29F3N6O3/c1-23(2,3)36-22(34)29-12-18-20-19(32-13-16(14-32)31(4)5)10-11-28-21(20)33(30-18)15-6-8-17(9-7-15)35-24(25,26)27/h6-11,16H,12-14H2,1-5H3,(H,29,34). The van der Waals surface area contributed by atoms with Crippen molar-refractivity contribution in [1.82, 2.24) is 25.0 Å². The third-order valence-corrected chi connectivity index (χ3v) is 5.67. The average molecular weight is 507 g/mol. The van der Waals surface area contributed by atoms with Crippen molar-refractivity contribution in [1.29, 1.82) is 0 Å². The number of amides is 1. The molecule has 1 amide bonds. The Bertz CT molecular complexity index is 1230. The molecule has 12 heteroatoms. The van der Waals surface area contributed by atoms with Gasteiger partial charge in [-0.2, -0.15) is 5.10 Å². The first kappa shape index (κ1) is 25.5. The molecule has 36 heavy (non-hydrogen) atoms. The maximum atomic E-state index is 12.6. The summed E-state index contributed by atoms with van der Waals surface area (Å²) in [6.07, 6.45) is -3.69. The monoisotopic (exact) mass is 506 g/mol. The molecule has 1 aliphatic heterocycles. The van der Waals surface area contributed by atoms with Crippen LogP contribution in [0.1, 0.15) is 26.5 Å². The van der Waals surface area contributed by atoms with E-state index in [1.165, 1.54) is 24.3 Å².